The minimum atomic E-state index is -5.11. The van der Waals surface area contributed by atoms with Crippen molar-refractivity contribution in [1.29, 1.82) is 0 Å². The zero-order valence-electron chi connectivity index (χ0n) is 8.07. The first kappa shape index (κ1) is 14.2. The molecule has 5 atom stereocenters. The Hall–Kier alpha value is -0.820. The topological polar surface area (TPSA) is 171 Å². The molecule has 0 aromatic carbocycles. The molecule has 0 bridgehead atoms. The van der Waals surface area contributed by atoms with Crippen molar-refractivity contribution in [2.24, 2.45) is 0 Å². The first-order valence-electron chi connectivity index (χ1n) is 4.22. The molecular weight excluding hydrogens is 264 g/mol. The maximum Gasteiger partial charge on any atom is 0.449 e. The highest BCUT2D eigenvalue weighted by atomic mass is 32.3. The van der Waals surface area contributed by atoms with Gasteiger partial charge in [0.15, 0.2) is 12.4 Å². The summed E-state index contributed by atoms with van der Waals surface area (Å²) in [6, 6.07) is 0. The monoisotopic (exact) mass is 274 g/mol. The lowest BCUT2D eigenvalue weighted by Gasteiger charge is -2.36. The Morgan fingerprint density at radius 1 is 1.06 bits per heavy atom. The molecule has 1 heterocycles. The molecule has 1 saturated heterocycles. The zero-order chi connectivity index (χ0) is 13.4. The van der Waals surface area contributed by atoms with Crippen molar-refractivity contribution in [3.8, 4) is 0 Å². The van der Waals surface area contributed by atoms with Crippen LogP contribution < -0.4 is 0 Å². The van der Waals surface area contributed by atoms with E-state index < -0.39 is 47.1 Å². The fraction of sp³-hybridized carbons (Fsp3) is 0.833. The van der Waals surface area contributed by atoms with Crippen LogP contribution >= 0.6 is 0 Å². The summed E-state index contributed by atoms with van der Waals surface area (Å²) in [4.78, 5) is 11.1. The van der Waals surface area contributed by atoms with E-state index in [-0.39, 0.29) is 0 Å². The number of rotatable bonds is 2. The van der Waals surface area contributed by atoms with E-state index in [0.29, 0.717) is 0 Å². The largest absolute Gasteiger partial charge is 0.449 e. The smallest absolute Gasteiger partial charge is 0.387 e. The van der Waals surface area contributed by atoms with Gasteiger partial charge in [-0.15, -0.1) is 0 Å². The van der Waals surface area contributed by atoms with Crippen LogP contribution in [0.15, 0.2) is 0 Å². The highest BCUT2D eigenvalue weighted by molar-refractivity contribution is 7.81. The lowest BCUT2D eigenvalue weighted by atomic mass is 9.99. The second-order valence-corrected chi connectivity index (χ2v) is 4.27. The average Bonchev–Trinajstić information content (AvgIpc) is 2.17. The summed E-state index contributed by atoms with van der Waals surface area (Å²) < 4.78 is 36.5. The summed E-state index contributed by atoms with van der Waals surface area (Å²) in [7, 11) is -5.11. The summed E-state index contributed by atoms with van der Waals surface area (Å²) in [6.45, 7) is 0. The lowest BCUT2D eigenvalue weighted by Crippen LogP contribution is -2.60. The van der Waals surface area contributed by atoms with E-state index in [4.69, 9.17) is 14.8 Å². The fourth-order valence-electron chi connectivity index (χ4n) is 1.21. The molecule has 5 N–H and O–H groups in total. The van der Waals surface area contributed by atoms with Crippen molar-refractivity contribution in [3.05, 3.63) is 0 Å². The average molecular weight is 274 g/mol. The molecule has 100 valence electrons. The summed E-state index contributed by atoms with van der Waals surface area (Å²) in [5, 5.41) is 36.5. The maximum absolute atomic E-state index is 11.1. The number of aliphatic hydroxyl groups is 4. The molecule has 10 nitrogen and oxygen atoms in total. The molecule has 0 aliphatic carbocycles. The van der Waals surface area contributed by atoms with Gasteiger partial charge < -0.3 is 29.3 Å². The van der Waals surface area contributed by atoms with Crippen LogP contribution in [0.2, 0.25) is 0 Å². The Labute approximate surface area is 95.0 Å². The molecule has 1 rings (SSSR count). The number of aliphatic hydroxyl groups excluding tert-OH is 4. The van der Waals surface area contributed by atoms with E-state index in [1.807, 2.05) is 0 Å². The molecule has 0 amide bonds. The third kappa shape index (κ3) is 3.32. The van der Waals surface area contributed by atoms with Crippen LogP contribution in [0.25, 0.3) is 0 Å². The Balaban J connectivity index is 2.81. The van der Waals surface area contributed by atoms with Crippen LogP contribution in [0, 0.1) is 0 Å². The maximum atomic E-state index is 11.1. The highest BCUT2D eigenvalue weighted by Crippen LogP contribution is 2.21. The Kier molecular flexibility index (Phi) is 4.03. The molecule has 17 heavy (non-hydrogen) atoms. The first-order valence-corrected chi connectivity index (χ1v) is 5.58. The van der Waals surface area contributed by atoms with Crippen molar-refractivity contribution in [3.63, 3.8) is 0 Å². The predicted octanol–water partition coefficient (Wildman–Crippen LogP) is -3.87. The minimum Gasteiger partial charge on any atom is -0.387 e. The molecule has 0 saturated carbocycles. The molecule has 1 aliphatic rings. The second-order valence-electron chi connectivity index (χ2n) is 3.25. The van der Waals surface area contributed by atoms with Gasteiger partial charge in [0.25, 0.3) is 0 Å². The van der Waals surface area contributed by atoms with Crippen LogP contribution in [-0.4, -0.2) is 70.1 Å². The summed E-state index contributed by atoms with van der Waals surface area (Å²) in [6.07, 6.45) is -9.93. The van der Waals surface area contributed by atoms with Gasteiger partial charge in [0, 0.05) is 0 Å². The van der Waals surface area contributed by atoms with Gasteiger partial charge in [0.1, 0.15) is 18.3 Å². The van der Waals surface area contributed by atoms with Gasteiger partial charge in [-0.1, -0.05) is 0 Å². The normalized spacial score (nSPS) is 38.8. The van der Waals surface area contributed by atoms with Gasteiger partial charge in [-0.05, 0) is 0 Å². The fourth-order valence-corrected chi connectivity index (χ4v) is 1.51. The van der Waals surface area contributed by atoms with Crippen molar-refractivity contribution < 1.29 is 47.1 Å². The van der Waals surface area contributed by atoms with Gasteiger partial charge in [-0.2, -0.15) is 8.42 Å². The Morgan fingerprint density at radius 2 is 1.59 bits per heavy atom. The van der Waals surface area contributed by atoms with E-state index >= 15 is 0 Å². The second kappa shape index (κ2) is 4.81. The third-order valence-corrected chi connectivity index (χ3v) is 2.38. The van der Waals surface area contributed by atoms with E-state index in [9.17, 15) is 23.4 Å². The molecule has 0 radical (unpaired) electrons. The number of carbonyl (C=O) groups is 1. The number of carbonyl (C=O) groups excluding carboxylic acids is 1. The first-order chi connectivity index (χ1) is 7.63. The van der Waals surface area contributed by atoms with E-state index in [1.165, 1.54) is 0 Å². The van der Waals surface area contributed by atoms with Crippen LogP contribution in [-0.2, 0) is 24.1 Å². The molecule has 1 fully saturated rings. The number of hydrogen-bond donors (Lipinski definition) is 5. The van der Waals surface area contributed by atoms with Gasteiger partial charge in [-0.3, -0.25) is 4.55 Å². The quantitative estimate of drug-likeness (QED) is 0.314. The molecule has 1 aliphatic heterocycles. The van der Waals surface area contributed by atoms with E-state index in [1.54, 1.807) is 0 Å². The van der Waals surface area contributed by atoms with Crippen LogP contribution in [0.4, 0.5) is 0 Å². The summed E-state index contributed by atoms with van der Waals surface area (Å²) in [5.74, 6) is -1.75. The van der Waals surface area contributed by atoms with Crippen molar-refractivity contribution in [2.75, 3.05) is 0 Å². The van der Waals surface area contributed by atoms with Crippen LogP contribution in [0.5, 0.6) is 0 Å². The van der Waals surface area contributed by atoms with Crippen LogP contribution in [0.3, 0.4) is 0 Å². The molecule has 0 spiro atoms. The number of ether oxygens (including phenoxy) is 1. The zero-order valence-corrected chi connectivity index (χ0v) is 8.89. The molecule has 0 unspecified atom stereocenters. The van der Waals surface area contributed by atoms with E-state index in [2.05, 4.69) is 8.92 Å². The molecule has 0 aromatic rings. The van der Waals surface area contributed by atoms with Gasteiger partial charge in [0.05, 0.1) is 0 Å². The van der Waals surface area contributed by atoms with Crippen molar-refractivity contribution in [2.45, 2.75) is 30.7 Å². The number of hydrogen-bond acceptors (Lipinski definition) is 9. The van der Waals surface area contributed by atoms with Gasteiger partial charge in [0.2, 0.25) is 0 Å². The van der Waals surface area contributed by atoms with Crippen molar-refractivity contribution in [1.82, 2.24) is 0 Å². The van der Waals surface area contributed by atoms with E-state index in [0.717, 1.165) is 0 Å². The van der Waals surface area contributed by atoms with Gasteiger partial charge >= 0.3 is 16.4 Å². The highest BCUT2D eigenvalue weighted by Gasteiger charge is 2.47. The van der Waals surface area contributed by atoms with Crippen molar-refractivity contribution >= 4 is 16.4 Å². The SMILES string of the molecule is O=C(OS(=O)(=O)O)[C@H]1O[C@@H](O)[C@H](O)[C@@H](O)[C@@H]1O. The summed E-state index contributed by atoms with van der Waals surface area (Å²) >= 11 is 0. The Bertz CT molecular complexity index is 390. The molecular formula is C6H10O10S. The molecule has 11 heteroatoms. The minimum absolute atomic E-state index is 1.75. The summed E-state index contributed by atoms with van der Waals surface area (Å²) in [5.41, 5.74) is 0. The van der Waals surface area contributed by atoms with Gasteiger partial charge in [-0.25, -0.2) is 4.79 Å². The Morgan fingerprint density at radius 3 is 2.06 bits per heavy atom. The lowest BCUT2D eigenvalue weighted by molar-refractivity contribution is -0.279. The predicted molar refractivity (Wildman–Crippen MR) is 46.5 cm³/mol. The third-order valence-electron chi connectivity index (χ3n) is 2.01. The molecule has 0 aromatic heterocycles. The standard InChI is InChI=1S/C6H10O10S/c7-1-2(8)4(15-5(10)3(1)9)6(11)16-17(12,13)14/h1-5,7-10H,(H,12,13,14)/t1-,2-,3+,4-,5+/m0/s1. The van der Waals surface area contributed by atoms with Crippen LogP contribution in [0.1, 0.15) is 0 Å².